The summed E-state index contributed by atoms with van der Waals surface area (Å²) in [6, 6.07) is 4.82. The number of primary amides is 1. The Morgan fingerprint density at radius 3 is 2.86 bits per heavy atom. The van der Waals surface area contributed by atoms with Gasteiger partial charge in [0.25, 0.3) is 5.91 Å². The van der Waals surface area contributed by atoms with E-state index in [0.29, 0.717) is 24.3 Å². The van der Waals surface area contributed by atoms with Crippen molar-refractivity contribution >= 4 is 17.6 Å². The fourth-order valence-electron chi connectivity index (χ4n) is 2.65. The van der Waals surface area contributed by atoms with Crippen LogP contribution in [0.4, 0.5) is 10.5 Å². The molecule has 1 fully saturated rings. The third kappa shape index (κ3) is 3.87. The molecular weight excluding hydrogens is 268 g/mol. The summed E-state index contributed by atoms with van der Waals surface area (Å²) in [5, 5.41) is 2.62. The number of nitrogen functional groups attached to an aromatic ring is 1. The number of nitrogens with one attached hydrogen (secondary N) is 1. The zero-order valence-corrected chi connectivity index (χ0v) is 12.3. The first kappa shape index (κ1) is 15.2. The average Bonchev–Trinajstić information content (AvgIpc) is 2.47. The highest BCUT2D eigenvalue weighted by Gasteiger charge is 2.24. The first-order valence-corrected chi connectivity index (χ1v) is 7.16. The van der Waals surface area contributed by atoms with Crippen molar-refractivity contribution in [3.63, 3.8) is 0 Å². The molecule has 3 amide bonds. The fourth-order valence-corrected chi connectivity index (χ4v) is 2.65. The topological polar surface area (TPSA) is 101 Å². The summed E-state index contributed by atoms with van der Waals surface area (Å²) in [7, 11) is 0. The van der Waals surface area contributed by atoms with Crippen molar-refractivity contribution in [3.05, 3.63) is 29.3 Å². The molecule has 6 heteroatoms. The Hall–Kier alpha value is -2.24. The molecule has 1 aliphatic rings. The molecule has 0 spiro atoms. The van der Waals surface area contributed by atoms with E-state index in [4.69, 9.17) is 11.5 Å². The maximum atomic E-state index is 12.5. The van der Waals surface area contributed by atoms with Gasteiger partial charge in [-0.05, 0) is 49.4 Å². The molecule has 1 saturated heterocycles. The molecule has 1 atom stereocenters. The number of benzene rings is 1. The lowest BCUT2D eigenvalue weighted by Gasteiger charge is -2.33. The van der Waals surface area contributed by atoms with E-state index in [-0.39, 0.29) is 11.8 Å². The Bertz CT molecular complexity index is 544. The second-order valence-corrected chi connectivity index (χ2v) is 5.58. The zero-order valence-electron chi connectivity index (χ0n) is 12.3. The van der Waals surface area contributed by atoms with Crippen LogP contribution in [0.25, 0.3) is 0 Å². The largest absolute Gasteiger partial charge is 0.399 e. The molecular formula is C15H22N4O2. The number of aryl methyl sites for hydroxylation is 1. The highest BCUT2D eigenvalue weighted by Crippen LogP contribution is 2.20. The SMILES string of the molecule is Cc1cc(C(=O)N2CCCC(CNC(N)=O)C2)ccc1N. The number of likely N-dealkylation sites (tertiary alicyclic amines) is 1. The standard InChI is InChI=1S/C15H22N4O2/c1-10-7-12(4-5-13(10)16)14(20)19-6-2-3-11(9-19)8-18-15(17)21/h4-5,7,11H,2-3,6,8-9,16H2,1H3,(H3,17,18,21). The minimum atomic E-state index is -0.521. The van der Waals surface area contributed by atoms with Crippen molar-refractivity contribution in [2.75, 3.05) is 25.4 Å². The first-order valence-electron chi connectivity index (χ1n) is 7.16. The third-order valence-electron chi connectivity index (χ3n) is 3.89. The van der Waals surface area contributed by atoms with Crippen LogP contribution in [0, 0.1) is 12.8 Å². The van der Waals surface area contributed by atoms with Gasteiger partial charge in [-0.25, -0.2) is 4.79 Å². The molecule has 114 valence electrons. The van der Waals surface area contributed by atoms with Gasteiger partial charge in [0, 0.05) is 30.9 Å². The van der Waals surface area contributed by atoms with Crippen LogP contribution in [0.2, 0.25) is 0 Å². The van der Waals surface area contributed by atoms with Crippen molar-refractivity contribution in [1.29, 1.82) is 0 Å². The summed E-state index contributed by atoms with van der Waals surface area (Å²) in [6.45, 7) is 3.79. The van der Waals surface area contributed by atoms with Gasteiger partial charge in [0.2, 0.25) is 0 Å². The summed E-state index contributed by atoms with van der Waals surface area (Å²) in [5.74, 6) is 0.270. The number of nitrogens with zero attached hydrogens (tertiary/aromatic N) is 1. The predicted octanol–water partition coefficient (Wildman–Crippen LogP) is 1.10. The van der Waals surface area contributed by atoms with Crippen LogP contribution in [0.5, 0.6) is 0 Å². The van der Waals surface area contributed by atoms with Gasteiger partial charge >= 0.3 is 6.03 Å². The van der Waals surface area contributed by atoms with Crippen LogP contribution >= 0.6 is 0 Å². The molecule has 0 bridgehead atoms. The molecule has 1 aromatic carbocycles. The van der Waals surface area contributed by atoms with E-state index in [1.807, 2.05) is 17.9 Å². The van der Waals surface area contributed by atoms with Gasteiger partial charge in [0.1, 0.15) is 0 Å². The lowest BCUT2D eigenvalue weighted by molar-refractivity contribution is 0.0675. The van der Waals surface area contributed by atoms with Crippen LogP contribution in [-0.4, -0.2) is 36.5 Å². The number of urea groups is 1. The molecule has 0 aliphatic carbocycles. The number of hydrogen-bond donors (Lipinski definition) is 3. The van der Waals surface area contributed by atoms with Gasteiger partial charge in [-0.15, -0.1) is 0 Å². The molecule has 21 heavy (non-hydrogen) atoms. The van der Waals surface area contributed by atoms with Crippen molar-refractivity contribution in [2.45, 2.75) is 19.8 Å². The number of carbonyl (C=O) groups excluding carboxylic acids is 2. The quantitative estimate of drug-likeness (QED) is 0.726. The summed E-state index contributed by atoms with van der Waals surface area (Å²) in [4.78, 5) is 25.1. The van der Waals surface area contributed by atoms with E-state index in [1.54, 1.807) is 12.1 Å². The van der Waals surface area contributed by atoms with E-state index in [2.05, 4.69) is 5.32 Å². The van der Waals surface area contributed by atoms with Gasteiger partial charge in [-0.3, -0.25) is 4.79 Å². The lowest BCUT2D eigenvalue weighted by Crippen LogP contribution is -2.44. The van der Waals surface area contributed by atoms with Gasteiger partial charge in [-0.2, -0.15) is 0 Å². The van der Waals surface area contributed by atoms with Crippen LogP contribution in [0.15, 0.2) is 18.2 Å². The number of piperidine rings is 1. The minimum absolute atomic E-state index is 0.0156. The number of hydrogen-bond acceptors (Lipinski definition) is 3. The maximum absolute atomic E-state index is 12.5. The van der Waals surface area contributed by atoms with E-state index in [1.165, 1.54) is 0 Å². The number of anilines is 1. The molecule has 0 aromatic heterocycles. The summed E-state index contributed by atoms with van der Waals surface area (Å²) >= 11 is 0. The third-order valence-corrected chi connectivity index (χ3v) is 3.89. The van der Waals surface area contributed by atoms with Gasteiger partial charge < -0.3 is 21.7 Å². The number of carbonyl (C=O) groups is 2. The first-order chi connectivity index (χ1) is 9.97. The molecule has 1 aromatic rings. The minimum Gasteiger partial charge on any atom is -0.399 e. The molecule has 0 saturated carbocycles. The fraction of sp³-hybridized carbons (Fsp3) is 0.467. The van der Waals surface area contributed by atoms with E-state index >= 15 is 0 Å². The maximum Gasteiger partial charge on any atom is 0.312 e. The van der Waals surface area contributed by atoms with Crippen molar-refractivity contribution < 1.29 is 9.59 Å². The number of amides is 3. The Kier molecular flexibility index (Phi) is 4.67. The van der Waals surface area contributed by atoms with Crippen molar-refractivity contribution in [1.82, 2.24) is 10.2 Å². The Labute approximate surface area is 124 Å². The Morgan fingerprint density at radius 1 is 1.43 bits per heavy atom. The normalized spacial score (nSPS) is 18.3. The second-order valence-electron chi connectivity index (χ2n) is 5.58. The van der Waals surface area contributed by atoms with Gasteiger partial charge in [0.15, 0.2) is 0 Å². The van der Waals surface area contributed by atoms with E-state index < -0.39 is 6.03 Å². The van der Waals surface area contributed by atoms with Crippen LogP contribution in [-0.2, 0) is 0 Å². The molecule has 5 N–H and O–H groups in total. The van der Waals surface area contributed by atoms with Gasteiger partial charge in [0.05, 0.1) is 0 Å². The molecule has 6 nitrogen and oxygen atoms in total. The van der Waals surface area contributed by atoms with E-state index in [9.17, 15) is 9.59 Å². The summed E-state index contributed by atoms with van der Waals surface area (Å²) in [5.41, 5.74) is 13.1. The molecule has 1 heterocycles. The van der Waals surface area contributed by atoms with Crippen molar-refractivity contribution in [3.8, 4) is 0 Å². The van der Waals surface area contributed by atoms with Crippen LogP contribution < -0.4 is 16.8 Å². The molecule has 0 radical (unpaired) electrons. The second kappa shape index (κ2) is 6.47. The summed E-state index contributed by atoms with van der Waals surface area (Å²) in [6.07, 6.45) is 1.93. The van der Waals surface area contributed by atoms with Crippen LogP contribution in [0.3, 0.4) is 0 Å². The van der Waals surface area contributed by atoms with Gasteiger partial charge in [-0.1, -0.05) is 0 Å². The number of nitrogens with two attached hydrogens (primary N) is 2. The Morgan fingerprint density at radius 2 is 2.19 bits per heavy atom. The smallest absolute Gasteiger partial charge is 0.312 e. The summed E-state index contributed by atoms with van der Waals surface area (Å²) < 4.78 is 0. The molecule has 2 rings (SSSR count). The van der Waals surface area contributed by atoms with E-state index in [0.717, 1.165) is 24.9 Å². The van der Waals surface area contributed by atoms with Crippen molar-refractivity contribution in [2.24, 2.45) is 11.7 Å². The highest BCUT2D eigenvalue weighted by molar-refractivity contribution is 5.95. The molecule has 1 unspecified atom stereocenters. The Balaban J connectivity index is 2.01. The number of rotatable bonds is 3. The zero-order chi connectivity index (χ0) is 15.4. The predicted molar refractivity (Wildman–Crippen MR) is 81.8 cm³/mol. The highest BCUT2D eigenvalue weighted by atomic mass is 16.2. The van der Waals surface area contributed by atoms with Crippen LogP contribution in [0.1, 0.15) is 28.8 Å². The monoisotopic (exact) mass is 290 g/mol. The average molecular weight is 290 g/mol. The molecule has 1 aliphatic heterocycles. The lowest BCUT2D eigenvalue weighted by atomic mass is 9.97.